The van der Waals surface area contributed by atoms with E-state index in [2.05, 4.69) is 21.2 Å². The van der Waals surface area contributed by atoms with E-state index in [9.17, 15) is 14.7 Å². The quantitative estimate of drug-likeness (QED) is 0.443. The molecule has 0 unspecified atom stereocenters. The molecule has 1 amide bonds. The average Bonchev–Trinajstić information content (AvgIpc) is 3.66. The van der Waals surface area contributed by atoms with Gasteiger partial charge < -0.3 is 19.9 Å². The Labute approximate surface area is 206 Å². The lowest BCUT2D eigenvalue weighted by atomic mass is 9.90. The third kappa shape index (κ3) is 4.16. The van der Waals surface area contributed by atoms with Crippen LogP contribution in [0.15, 0.2) is 71.2 Å². The van der Waals surface area contributed by atoms with Crippen molar-refractivity contribution in [1.29, 1.82) is 0 Å². The first-order valence-corrected chi connectivity index (χ1v) is 11.9. The van der Waals surface area contributed by atoms with Gasteiger partial charge in [0.15, 0.2) is 0 Å². The lowest BCUT2D eigenvalue weighted by molar-refractivity contribution is -0.124. The molecule has 34 heavy (non-hydrogen) atoms. The number of methoxy groups -OCH3 is 1. The molecule has 1 heterocycles. The lowest BCUT2D eigenvalue weighted by Gasteiger charge is -2.34. The number of ether oxygens (including phenoxy) is 2. The van der Waals surface area contributed by atoms with Crippen molar-refractivity contribution in [3.05, 3.63) is 93.5 Å². The summed E-state index contributed by atoms with van der Waals surface area (Å²) < 4.78 is 12.6. The average molecular weight is 522 g/mol. The van der Waals surface area contributed by atoms with Crippen molar-refractivity contribution in [2.24, 2.45) is 0 Å². The molecule has 0 saturated heterocycles. The number of fused-ring (bicyclic) bond motifs is 1. The Bertz CT molecular complexity index is 1250. The normalized spacial score (nSPS) is 19.9. The maximum atomic E-state index is 13.5. The van der Waals surface area contributed by atoms with Crippen LogP contribution in [-0.2, 0) is 10.2 Å². The Morgan fingerprint density at radius 1 is 1.09 bits per heavy atom. The van der Waals surface area contributed by atoms with Gasteiger partial charge in [0.25, 0.3) is 0 Å². The van der Waals surface area contributed by atoms with Crippen LogP contribution >= 0.6 is 15.9 Å². The van der Waals surface area contributed by atoms with Crippen LogP contribution in [-0.4, -0.2) is 24.1 Å². The highest BCUT2D eigenvalue weighted by Gasteiger charge is 2.52. The van der Waals surface area contributed by atoms with Gasteiger partial charge in [-0.05, 0) is 60.4 Å². The molecule has 2 atom stereocenters. The molecular formula is C27H24BrNO5. The Morgan fingerprint density at radius 3 is 2.50 bits per heavy atom. The molecule has 2 N–H and O–H groups in total. The van der Waals surface area contributed by atoms with Crippen LogP contribution in [0.3, 0.4) is 0 Å². The van der Waals surface area contributed by atoms with Crippen molar-refractivity contribution in [2.75, 3.05) is 7.11 Å². The number of halogens is 1. The highest BCUT2D eigenvalue weighted by molar-refractivity contribution is 9.10. The molecule has 0 aromatic heterocycles. The predicted octanol–water partition coefficient (Wildman–Crippen LogP) is 5.57. The molecule has 0 spiro atoms. The molecule has 1 aliphatic heterocycles. The van der Waals surface area contributed by atoms with E-state index in [-0.39, 0.29) is 23.6 Å². The number of carbonyl (C=O) groups excluding carboxylic acids is 1. The number of benzene rings is 3. The van der Waals surface area contributed by atoms with Crippen LogP contribution < -0.4 is 14.8 Å². The minimum Gasteiger partial charge on any atom is -0.497 e. The van der Waals surface area contributed by atoms with E-state index in [0.717, 1.165) is 34.0 Å². The molecule has 1 aliphatic carbocycles. The number of carboxylic acids is 1. The fraction of sp³-hybridized carbons (Fsp3) is 0.259. The molecule has 1 saturated carbocycles. The van der Waals surface area contributed by atoms with Crippen molar-refractivity contribution < 1.29 is 24.2 Å². The molecule has 3 aromatic carbocycles. The monoisotopic (exact) mass is 521 g/mol. The van der Waals surface area contributed by atoms with Gasteiger partial charge in [-0.3, -0.25) is 4.79 Å². The fourth-order valence-electron chi connectivity index (χ4n) is 4.61. The smallest absolute Gasteiger partial charge is 0.335 e. The first-order chi connectivity index (χ1) is 16.4. The number of nitrogens with one attached hydrogen (secondary N) is 1. The summed E-state index contributed by atoms with van der Waals surface area (Å²) >= 11 is 3.52. The van der Waals surface area contributed by atoms with E-state index in [4.69, 9.17) is 9.47 Å². The first kappa shape index (κ1) is 22.5. The second-order valence-corrected chi connectivity index (χ2v) is 9.71. The lowest BCUT2D eigenvalue weighted by Crippen LogP contribution is -2.39. The second-order valence-electron chi connectivity index (χ2n) is 8.79. The Morgan fingerprint density at radius 2 is 1.85 bits per heavy atom. The zero-order valence-electron chi connectivity index (χ0n) is 18.6. The Kier molecular flexibility index (Phi) is 5.81. The van der Waals surface area contributed by atoms with Crippen LogP contribution in [0.4, 0.5) is 0 Å². The Hall–Kier alpha value is -3.32. The van der Waals surface area contributed by atoms with Crippen molar-refractivity contribution in [1.82, 2.24) is 5.32 Å². The van der Waals surface area contributed by atoms with Crippen LogP contribution in [0.25, 0.3) is 0 Å². The molecule has 7 heteroatoms. The van der Waals surface area contributed by atoms with Crippen LogP contribution in [0.5, 0.6) is 11.5 Å². The summed E-state index contributed by atoms with van der Waals surface area (Å²) in [5.74, 6) is 0.354. The summed E-state index contributed by atoms with van der Waals surface area (Å²) in [6, 6.07) is 20.0. The van der Waals surface area contributed by atoms with Gasteiger partial charge in [0, 0.05) is 22.5 Å². The van der Waals surface area contributed by atoms with Gasteiger partial charge in [0.05, 0.1) is 24.1 Å². The highest BCUT2D eigenvalue weighted by Crippen LogP contribution is 2.50. The summed E-state index contributed by atoms with van der Waals surface area (Å²) in [6.07, 6.45) is 1.82. The fourth-order valence-corrected chi connectivity index (χ4v) is 5.01. The standard InChI is InChI=1S/C27H24BrNO5/c1-33-20-9-10-21-22(29-26(32)27(11-12-27)18-3-2-4-19(28)13-18)15-23(34-24(21)14-20)16-5-7-17(8-6-16)25(30)31/h2-10,13-14,22-23H,11-12,15H2,1H3,(H,29,32)(H,30,31)/t22-,23-/m1/s1. The molecule has 1 fully saturated rings. The highest BCUT2D eigenvalue weighted by atomic mass is 79.9. The minimum atomic E-state index is -0.974. The zero-order valence-corrected chi connectivity index (χ0v) is 20.2. The topological polar surface area (TPSA) is 84.9 Å². The number of hydrogen-bond acceptors (Lipinski definition) is 4. The summed E-state index contributed by atoms with van der Waals surface area (Å²) in [5, 5.41) is 12.5. The number of carboxylic acid groups (broad SMARTS) is 1. The molecule has 3 aromatic rings. The SMILES string of the molecule is COc1ccc2c(c1)O[C@@H](c1ccc(C(=O)O)cc1)C[C@H]2NC(=O)C1(c2cccc(Br)c2)CC1. The van der Waals surface area contributed by atoms with Crippen molar-refractivity contribution >= 4 is 27.8 Å². The number of hydrogen-bond donors (Lipinski definition) is 2. The maximum Gasteiger partial charge on any atom is 0.335 e. The van der Waals surface area contributed by atoms with Gasteiger partial charge in [-0.25, -0.2) is 4.79 Å². The molecule has 0 radical (unpaired) electrons. The van der Waals surface area contributed by atoms with Gasteiger partial charge >= 0.3 is 5.97 Å². The van der Waals surface area contributed by atoms with E-state index in [0.29, 0.717) is 17.9 Å². The molecule has 0 bridgehead atoms. The number of carbonyl (C=O) groups is 2. The number of rotatable bonds is 6. The van der Waals surface area contributed by atoms with E-state index in [1.54, 1.807) is 31.4 Å². The predicted molar refractivity (Wildman–Crippen MR) is 130 cm³/mol. The molecule has 174 valence electrons. The van der Waals surface area contributed by atoms with Gasteiger partial charge in [0.2, 0.25) is 5.91 Å². The van der Waals surface area contributed by atoms with E-state index in [1.165, 1.54) is 0 Å². The minimum absolute atomic E-state index is 0.0132. The first-order valence-electron chi connectivity index (χ1n) is 11.1. The van der Waals surface area contributed by atoms with Gasteiger partial charge in [-0.2, -0.15) is 0 Å². The van der Waals surface area contributed by atoms with Gasteiger partial charge in [-0.1, -0.05) is 40.2 Å². The van der Waals surface area contributed by atoms with E-state index in [1.807, 2.05) is 42.5 Å². The van der Waals surface area contributed by atoms with E-state index < -0.39 is 11.4 Å². The van der Waals surface area contributed by atoms with Gasteiger partial charge in [-0.15, -0.1) is 0 Å². The summed E-state index contributed by atoms with van der Waals surface area (Å²) in [6.45, 7) is 0. The van der Waals surface area contributed by atoms with Crippen LogP contribution in [0, 0.1) is 0 Å². The second kappa shape index (κ2) is 8.80. The van der Waals surface area contributed by atoms with Crippen molar-refractivity contribution in [3.63, 3.8) is 0 Å². The third-order valence-electron chi connectivity index (χ3n) is 6.71. The largest absolute Gasteiger partial charge is 0.497 e. The number of amides is 1. The molecule has 5 rings (SSSR count). The molecule has 2 aliphatic rings. The van der Waals surface area contributed by atoms with Gasteiger partial charge in [0.1, 0.15) is 17.6 Å². The van der Waals surface area contributed by atoms with Crippen LogP contribution in [0.2, 0.25) is 0 Å². The van der Waals surface area contributed by atoms with E-state index >= 15 is 0 Å². The Balaban J connectivity index is 1.44. The molecular weight excluding hydrogens is 498 g/mol. The van der Waals surface area contributed by atoms with Crippen molar-refractivity contribution in [2.45, 2.75) is 36.8 Å². The maximum absolute atomic E-state index is 13.5. The zero-order chi connectivity index (χ0) is 23.9. The summed E-state index contributed by atoms with van der Waals surface area (Å²) in [4.78, 5) is 24.8. The van der Waals surface area contributed by atoms with Crippen molar-refractivity contribution in [3.8, 4) is 11.5 Å². The molecule has 6 nitrogen and oxygen atoms in total. The number of aromatic carboxylic acids is 1. The van der Waals surface area contributed by atoms with Crippen LogP contribution in [0.1, 0.15) is 58.5 Å². The summed E-state index contributed by atoms with van der Waals surface area (Å²) in [5.41, 5.74) is 2.48. The third-order valence-corrected chi connectivity index (χ3v) is 7.20. The summed E-state index contributed by atoms with van der Waals surface area (Å²) in [7, 11) is 1.60.